The Kier molecular flexibility index (Phi) is 4.65. The number of hydrogen-bond acceptors (Lipinski definition) is 2. The lowest BCUT2D eigenvalue weighted by molar-refractivity contribution is 0.304. The third-order valence-corrected chi connectivity index (χ3v) is 4.23. The van der Waals surface area contributed by atoms with Gasteiger partial charge in [0.05, 0.1) is 7.11 Å². The molecule has 100 valence electrons. The van der Waals surface area contributed by atoms with Crippen molar-refractivity contribution in [3.05, 3.63) is 29.8 Å². The molecule has 1 aromatic rings. The zero-order valence-electron chi connectivity index (χ0n) is 11.8. The van der Waals surface area contributed by atoms with Crippen LogP contribution in [-0.2, 0) is 0 Å². The van der Waals surface area contributed by atoms with Crippen LogP contribution in [0.3, 0.4) is 0 Å². The second-order valence-electron chi connectivity index (χ2n) is 5.38. The Balaban J connectivity index is 2.22. The van der Waals surface area contributed by atoms with Gasteiger partial charge in [-0.05, 0) is 42.5 Å². The van der Waals surface area contributed by atoms with Gasteiger partial charge in [0.25, 0.3) is 0 Å². The Morgan fingerprint density at radius 3 is 2.83 bits per heavy atom. The van der Waals surface area contributed by atoms with Gasteiger partial charge in [0.15, 0.2) is 0 Å². The third kappa shape index (κ3) is 2.86. The van der Waals surface area contributed by atoms with E-state index in [-0.39, 0.29) is 0 Å². The summed E-state index contributed by atoms with van der Waals surface area (Å²) >= 11 is 0. The van der Waals surface area contributed by atoms with Gasteiger partial charge in [0.2, 0.25) is 0 Å². The van der Waals surface area contributed by atoms with E-state index >= 15 is 0 Å². The van der Waals surface area contributed by atoms with E-state index < -0.39 is 0 Å². The van der Waals surface area contributed by atoms with Crippen LogP contribution in [0.25, 0.3) is 0 Å². The summed E-state index contributed by atoms with van der Waals surface area (Å²) in [6.45, 7) is 5.60. The molecule has 0 radical (unpaired) electrons. The molecule has 3 unspecified atom stereocenters. The predicted molar refractivity (Wildman–Crippen MR) is 75.9 cm³/mol. The van der Waals surface area contributed by atoms with Gasteiger partial charge in [-0.15, -0.1) is 0 Å². The average molecular weight is 247 g/mol. The summed E-state index contributed by atoms with van der Waals surface area (Å²) in [5.41, 5.74) is 1.37. The van der Waals surface area contributed by atoms with Crippen molar-refractivity contribution in [2.75, 3.05) is 13.7 Å². The summed E-state index contributed by atoms with van der Waals surface area (Å²) in [5.74, 6) is 2.54. The highest BCUT2D eigenvalue weighted by molar-refractivity contribution is 5.31. The van der Waals surface area contributed by atoms with Crippen LogP contribution in [0.5, 0.6) is 5.75 Å². The number of nitrogens with one attached hydrogen (secondary N) is 1. The standard InChI is InChI=1S/C16H25NO/c1-4-17-16(15-10-5-7-12(15)2)13-8-6-9-14(11-13)18-3/h6,8-9,11-12,15-17H,4-5,7,10H2,1-3H3. The summed E-state index contributed by atoms with van der Waals surface area (Å²) < 4.78 is 5.34. The number of benzene rings is 1. The van der Waals surface area contributed by atoms with Crippen molar-refractivity contribution in [1.29, 1.82) is 0 Å². The van der Waals surface area contributed by atoms with Crippen LogP contribution in [-0.4, -0.2) is 13.7 Å². The van der Waals surface area contributed by atoms with E-state index in [1.807, 2.05) is 6.07 Å². The van der Waals surface area contributed by atoms with Gasteiger partial charge in [-0.2, -0.15) is 0 Å². The summed E-state index contributed by atoms with van der Waals surface area (Å²) in [4.78, 5) is 0. The molecule has 18 heavy (non-hydrogen) atoms. The molecule has 0 heterocycles. The van der Waals surface area contributed by atoms with Gasteiger partial charge < -0.3 is 10.1 Å². The number of rotatable bonds is 5. The molecule has 3 atom stereocenters. The molecule has 2 heteroatoms. The zero-order valence-corrected chi connectivity index (χ0v) is 11.8. The van der Waals surface area contributed by atoms with Crippen molar-refractivity contribution >= 4 is 0 Å². The van der Waals surface area contributed by atoms with Gasteiger partial charge >= 0.3 is 0 Å². The molecule has 1 aliphatic rings. The van der Waals surface area contributed by atoms with Gasteiger partial charge in [-0.3, -0.25) is 0 Å². The maximum absolute atomic E-state index is 5.34. The quantitative estimate of drug-likeness (QED) is 0.855. The van der Waals surface area contributed by atoms with Crippen LogP contribution < -0.4 is 10.1 Å². The normalized spacial score (nSPS) is 25.1. The summed E-state index contributed by atoms with van der Waals surface area (Å²) in [7, 11) is 1.74. The van der Waals surface area contributed by atoms with Crippen LogP contribution in [0.4, 0.5) is 0 Å². The second-order valence-corrected chi connectivity index (χ2v) is 5.38. The molecule has 1 N–H and O–H groups in total. The summed E-state index contributed by atoms with van der Waals surface area (Å²) in [5, 5.41) is 3.67. The molecule has 0 bridgehead atoms. The monoisotopic (exact) mass is 247 g/mol. The van der Waals surface area contributed by atoms with Crippen molar-refractivity contribution < 1.29 is 4.74 Å². The molecule has 1 fully saturated rings. The molecule has 1 aromatic carbocycles. The molecule has 2 rings (SSSR count). The van der Waals surface area contributed by atoms with Gasteiger partial charge in [-0.25, -0.2) is 0 Å². The molecule has 0 amide bonds. The van der Waals surface area contributed by atoms with Crippen LogP contribution in [0.1, 0.15) is 44.7 Å². The van der Waals surface area contributed by atoms with Crippen molar-refractivity contribution in [2.24, 2.45) is 11.8 Å². The van der Waals surface area contributed by atoms with Crippen LogP contribution >= 0.6 is 0 Å². The Morgan fingerprint density at radius 2 is 2.22 bits per heavy atom. The first-order valence-corrected chi connectivity index (χ1v) is 7.13. The largest absolute Gasteiger partial charge is 0.497 e. The molecule has 2 nitrogen and oxygen atoms in total. The van der Waals surface area contributed by atoms with E-state index in [0.29, 0.717) is 6.04 Å². The number of hydrogen-bond donors (Lipinski definition) is 1. The van der Waals surface area contributed by atoms with Crippen molar-refractivity contribution in [3.63, 3.8) is 0 Å². The van der Waals surface area contributed by atoms with E-state index in [0.717, 1.165) is 24.1 Å². The first-order valence-electron chi connectivity index (χ1n) is 7.13. The highest BCUT2D eigenvalue weighted by Gasteiger charge is 2.31. The van der Waals surface area contributed by atoms with E-state index in [9.17, 15) is 0 Å². The molecule has 0 aliphatic heterocycles. The van der Waals surface area contributed by atoms with Crippen LogP contribution in [0.2, 0.25) is 0 Å². The summed E-state index contributed by atoms with van der Waals surface area (Å²) in [6, 6.07) is 8.99. The molecular formula is C16H25NO. The molecule has 1 aliphatic carbocycles. The number of methoxy groups -OCH3 is 1. The first kappa shape index (κ1) is 13.4. The fourth-order valence-electron chi connectivity index (χ4n) is 3.24. The van der Waals surface area contributed by atoms with E-state index in [2.05, 4.69) is 37.4 Å². The maximum atomic E-state index is 5.34. The van der Waals surface area contributed by atoms with Gasteiger partial charge in [0, 0.05) is 6.04 Å². The maximum Gasteiger partial charge on any atom is 0.119 e. The lowest BCUT2D eigenvalue weighted by atomic mass is 9.86. The third-order valence-electron chi connectivity index (χ3n) is 4.23. The van der Waals surface area contributed by atoms with Crippen molar-refractivity contribution in [2.45, 2.75) is 39.2 Å². The highest BCUT2D eigenvalue weighted by Crippen LogP contribution is 2.40. The van der Waals surface area contributed by atoms with Crippen LogP contribution in [0, 0.1) is 11.8 Å². The van der Waals surface area contributed by atoms with Crippen molar-refractivity contribution in [1.82, 2.24) is 5.32 Å². The SMILES string of the molecule is CCNC(c1cccc(OC)c1)C1CCCC1C. The first-order chi connectivity index (χ1) is 8.76. The Bertz CT molecular complexity index is 377. The topological polar surface area (TPSA) is 21.3 Å². The van der Waals surface area contributed by atoms with Gasteiger partial charge in [0.1, 0.15) is 5.75 Å². The minimum atomic E-state index is 0.475. The fraction of sp³-hybridized carbons (Fsp3) is 0.625. The van der Waals surface area contributed by atoms with E-state index in [4.69, 9.17) is 4.74 Å². The number of ether oxygens (including phenoxy) is 1. The molecular weight excluding hydrogens is 222 g/mol. The smallest absolute Gasteiger partial charge is 0.119 e. The second kappa shape index (κ2) is 6.24. The average Bonchev–Trinajstić information content (AvgIpc) is 2.82. The van der Waals surface area contributed by atoms with Gasteiger partial charge in [-0.1, -0.05) is 38.8 Å². The highest BCUT2D eigenvalue weighted by atomic mass is 16.5. The molecule has 0 spiro atoms. The lowest BCUT2D eigenvalue weighted by Gasteiger charge is -2.28. The minimum absolute atomic E-state index is 0.475. The predicted octanol–water partition coefficient (Wildman–Crippen LogP) is 3.78. The van der Waals surface area contributed by atoms with Crippen LogP contribution in [0.15, 0.2) is 24.3 Å². The zero-order chi connectivity index (χ0) is 13.0. The molecule has 0 aromatic heterocycles. The molecule has 0 saturated heterocycles. The Morgan fingerprint density at radius 1 is 1.39 bits per heavy atom. The lowest BCUT2D eigenvalue weighted by Crippen LogP contribution is -2.29. The summed E-state index contributed by atoms with van der Waals surface area (Å²) in [6.07, 6.45) is 4.09. The fourth-order valence-corrected chi connectivity index (χ4v) is 3.24. The van der Waals surface area contributed by atoms with E-state index in [1.54, 1.807) is 7.11 Å². The van der Waals surface area contributed by atoms with Crippen molar-refractivity contribution in [3.8, 4) is 5.75 Å². The minimum Gasteiger partial charge on any atom is -0.497 e. The molecule has 1 saturated carbocycles. The Labute approximate surface area is 111 Å². The Hall–Kier alpha value is -1.02. The van der Waals surface area contributed by atoms with E-state index in [1.165, 1.54) is 24.8 Å².